The summed E-state index contributed by atoms with van der Waals surface area (Å²) in [6.45, 7) is 8.53. The highest BCUT2D eigenvalue weighted by Crippen LogP contribution is 2.40. The van der Waals surface area contributed by atoms with Crippen LogP contribution in [0.2, 0.25) is 0 Å². The second-order valence-electron chi connectivity index (χ2n) is 6.82. The third-order valence-corrected chi connectivity index (χ3v) is 6.24. The van der Waals surface area contributed by atoms with Crippen LogP contribution >= 0.6 is 0 Å². The number of nitrogens with two attached hydrogens (primary N) is 1. The molecule has 1 aliphatic carbocycles. The van der Waals surface area contributed by atoms with Crippen LogP contribution in [0, 0.1) is 17.3 Å². The van der Waals surface area contributed by atoms with E-state index in [0.717, 1.165) is 19.3 Å². The minimum atomic E-state index is -2.85. The van der Waals surface area contributed by atoms with Gasteiger partial charge in [-0.15, -0.1) is 0 Å². The molecule has 0 saturated heterocycles. The lowest BCUT2D eigenvalue weighted by molar-refractivity contribution is 0.125. The maximum atomic E-state index is 11.6. The lowest BCUT2D eigenvalue weighted by Gasteiger charge is -2.40. The van der Waals surface area contributed by atoms with Gasteiger partial charge < -0.3 is 5.73 Å². The van der Waals surface area contributed by atoms with Crippen LogP contribution in [0.25, 0.3) is 0 Å². The molecule has 0 heterocycles. The van der Waals surface area contributed by atoms with Crippen molar-refractivity contribution in [3.05, 3.63) is 0 Å². The zero-order valence-corrected chi connectivity index (χ0v) is 13.1. The van der Waals surface area contributed by atoms with E-state index in [2.05, 4.69) is 20.8 Å². The molecule has 3 nitrogen and oxygen atoms in total. The molecule has 0 aliphatic heterocycles. The van der Waals surface area contributed by atoms with Crippen molar-refractivity contribution in [2.24, 2.45) is 23.0 Å². The topological polar surface area (TPSA) is 60.2 Å². The SMILES string of the molecule is CCS(=O)(=O)CCC1CC(C(C)(C)C)CCC1N. The first kappa shape index (κ1) is 16.0. The van der Waals surface area contributed by atoms with E-state index in [-0.39, 0.29) is 11.8 Å². The van der Waals surface area contributed by atoms with Crippen molar-refractivity contribution in [2.45, 2.75) is 59.4 Å². The molecule has 3 unspecified atom stereocenters. The molecule has 0 aromatic carbocycles. The predicted octanol–water partition coefficient (Wildman–Crippen LogP) is 2.60. The van der Waals surface area contributed by atoms with Gasteiger partial charge >= 0.3 is 0 Å². The van der Waals surface area contributed by atoms with Crippen LogP contribution in [-0.4, -0.2) is 26.0 Å². The largest absolute Gasteiger partial charge is 0.327 e. The van der Waals surface area contributed by atoms with Gasteiger partial charge in [0.05, 0.1) is 5.75 Å². The maximum absolute atomic E-state index is 11.6. The molecule has 0 bridgehead atoms. The average Bonchev–Trinajstić information content (AvgIpc) is 2.26. The highest BCUT2D eigenvalue weighted by Gasteiger charge is 2.34. The molecule has 108 valence electrons. The Balaban J connectivity index is 2.58. The highest BCUT2D eigenvalue weighted by atomic mass is 32.2. The molecular formula is C14H29NO2S. The van der Waals surface area contributed by atoms with Crippen LogP contribution in [0.5, 0.6) is 0 Å². The molecule has 4 heteroatoms. The summed E-state index contributed by atoms with van der Waals surface area (Å²) in [5, 5.41) is 0. The first-order valence-electron chi connectivity index (χ1n) is 7.11. The number of hydrogen-bond acceptors (Lipinski definition) is 3. The Labute approximate surface area is 112 Å². The molecule has 3 atom stereocenters. The van der Waals surface area contributed by atoms with Crippen LogP contribution in [0.1, 0.15) is 53.4 Å². The van der Waals surface area contributed by atoms with Gasteiger partial charge in [-0.05, 0) is 42.9 Å². The third-order valence-electron chi connectivity index (χ3n) is 4.51. The van der Waals surface area contributed by atoms with E-state index in [4.69, 9.17) is 5.73 Å². The van der Waals surface area contributed by atoms with E-state index in [1.807, 2.05) is 0 Å². The molecule has 0 aromatic heterocycles. The lowest BCUT2D eigenvalue weighted by Crippen LogP contribution is -2.40. The maximum Gasteiger partial charge on any atom is 0.150 e. The summed E-state index contributed by atoms with van der Waals surface area (Å²) in [5.74, 6) is 1.60. The molecule has 1 aliphatic rings. The van der Waals surface area contributed by atoms with Gasteiger partial charge in [-0.25, -0.2) is 8.42 Å². The van der Waals surface area contributed by atoms with Crippen LogP contribution in [0.15, 0.2) is 0 Å². The Bertz CT molecular complexity index is 356. The minimum absolute atomic E-state index is 0.190. The van der Waals surface area contributed by atoms with Gasteiger partial charge in [0, 0.05) is 11.8 Å². The van der Waals surface area contributed by atoms with Crippen LogP contribution in [0.3, 0.4) is 0 Å². The van der Waals surface area contributed by atoms with Crippen molar-refractivity contribution in [1.29, 1.82) is 0 Å². The monoisotopic (exact) mass is 275 g/mol. The summed E-state index contributed by atoms with van der Waals surface area (Å²) < 4.78 is 23.2. The summed E-state index contributed by atoms with van der Waals surface area (Å²) in [4.78, 5) is 0. The fraction of sp³-hybridized carbons (Fsp3) is 1.00. The Hall–Kier alpha value is -0.0900. The van der Waals surface area contributed by atoms with Crippen molar-refractivity contribution < 1.29 is 8.42 Å². The smallest absolute Gasteiger partial charge is 0.150 e. The van der Waals surface area contributed by atoms with Gasteiger partial charge in [0.1, 0.15) is 9.84 Å². The van der Waals surface area contributed by atoms with Gasteiger partial charge in [0.2, 0.25) is 0 Å². The molecule has 0 amide bonds. The van der Waals surface area contributed by atoms with E-state index in [1.165, 1.54) is 6.42 Å². The summed E-state index contributed by atoms with van der Waals surface area (Å²) in [6.07, 6.45) is 4.05. The molecular weight excluding hydrogens is 246 g/mol. The van der Waals surface area contributed by atoms with E-state index in [9.17, 15) is 8.42 Å². The first-order valence-corrected chi connectivity index (χ1v) is 8.94. The fourth-order valence-corrected chi connectivity index (χ4v) is 3.83. The second-order valence-corrected chi connectivity index (χ2v) is 9.30. The van der Waals surface area contributed by atoms with E-state index in [1.54, 1.807) is 6.92 Å². The van der Waals surface area contributed by atoms with Crippen molar-refractivity contribution in [3.63, 3.8) is 0 Å². The summed E-state index contributed by atoms with van der Waals surface area (Å²) in [7, 11) is -2.85. The quantitative estimate of drug-likeness (QED) is 0.858. The summed E-state index contributed by atoms with van der Waals surface area (Å²) in [5.41, 5.74) is 6.47. The lowest BCUT2D eigenvalue weighted by atomic mass is 9.67. The Kier molecular flexibility index (Phi) is 5.24. The van der Waals surface area contributed by atoms with Crippen LogP contribution in [-0.2, 0) is 9.84 Å². The molecule has 18 heavy (non-hydrogen) atoms. The predicted molar refractivity (Wildman–Crippen MR) is 77.2 cm³/mol. The zero-order chi connectivity index (χ0) is 14.0. The first-order chi connectivity index (χ1) is 8.15. The molecule has 2 N–H and O–H groups in total. The third kappa shape index (κ3) is 4.54. The van der Waals surface area contributed by atoms with Gasteiger partial charge in [-0.1, -0.05) is 27.7 Å². The Morgan fingerprint density at radius 1 is 1.22 bits per heavy atom. The van der Waals surface area contributed by atoms with Crippen molar-refractivity contribution in [1.82, 2.24) is 0 Å². The van der Waals surface area contributed by atoms with Crippen molar-refractivity contribution in [3.8, 4) is 0 Å². The Morgan fingerprint density at radius 2 is 1.83 bits per heavy atom. The molecule has 1 fully saturated rings. The number of sulfone groups is 1. The standard InChI is InChI=1S/C14H29NO2S/c1-5-18(16,17)9-8-11-10-12(14(2,3)4)6-7-13(11)15/h11-13H,5-10,15H2,1-4H3. The van der Waals surface area contributed by atoms with Gasteiger partial charge in [-0.3, -0.25) is 0 Å². The van der Waals surface area contributed by atoms with Crippen molar-refractivity contribution in [2.75, 3.05) is 11.5 Å². The normalized spacial score (nSPS) is 30.4. The van der Waals surface area contributed by atoms with E-state index in [0.29, 0.717) is 23.0 Å². The summed E-state index contributed by atoms with van der Waals surface area (Å²) >= 11 is 0. The van der Waals surface area contributed by atoms with Crippen LogP contribution < -0.4 is 5.73 Å². The average molecular weight is 275 g/mol. The van der Waals surface area contributed by atoms with E-state index >= 15 is 0 Å². The van der Waals surface area contributed by atoms with Gasteiger partial charge in [0.15, 0.2) is 0 Å². The fourth-order valence-electron chi connectivity index (χ4n) is 2.88. The highest BCUT2D eigenvalue weighted by molar-refractivity contribution is 7.91. The van der Waals surface area contributed by atoms with Gasteiger partial charge in [0.25, 0.3) is 0 Å². The number of hydrogen-bond donors (Lipinski definition) is 1. The molecule has 0 aromatic rings. The number of rotatable bonds is 4. The minimum Gasteiger partial charge on any atom is -0.327 e. The molecule has 1 rings (SSSR count). The Morgan fingerprint density at radius 3 is 2.33 bits per heavy atom. The molecule has 0 spiro atoms. The zero-order valence-electron chi connectivity index (χ0n) is 12.3. The van der Waals surface area contributed by atoms with E-state index < -0.39 is 9.84 Å². The molecule has 1 saturated carbocycles. The molecule has 0 radical (unpaired) electrons. The summed E-state index contributed by atoms with van der Waals surface area (Å²) in [6, 6.07) is 0.190. The van der Waals surface area contributed by atoms with Crippen LogP contribution in [0.4, 0.5) is 0 Å². The van der Waals surface area contributed by atoms with Crippen molar-refractivity contribution >= 4 is 9.84 Å². The second kappa shape index (κ2) is 5.91. The van der Waals surface area contributed by atoms with Gasteiger partial charge in [-0.2, -0.15) is 0 Å².